The first-order chi connectivity index (χ1) is 8.90. The molecule has 6 nitrogen and oxygen atoms in total. The first kappa shape index (κ1) is 13.4. The molecular weight excluding hydrogens is 272 g/mol. The number of carboxylic acids is 1. The molecule has 1 saturated heterocycles. The molecular formula is C12H11ClN2O4. The van der Waals surface area contributed by atoms with Gasteiger partial charge in [-0.15, -0.1) is 0 Å². The van der Waals surface area contributed by atoms with Crippen molar-refractivity contribution in [2.24, 2.45) is 0 Å². The van der Waals surface area contributed by atoms with Crippen LogP contribution in [-0.4, -0.2) is 29.1 Å². The number of hydrogen-bond acceptors (Lipinski definition) is 3. The fraction of sp³-hybridized carbons (Fsp3) is 0.250. The molecule has 100 valence electrons. The lowest BCUT2D eigenvalue weighted by Gasteiger charge is -2.13. The largest absolute Gasteiger partial charge is 0.481 e. The predicted molar refractivity (Wildman–Crippen MR) is 68.2 cm³/mol. The molecule has 7 heteroatoms. The number of imide groups is 1. The van der Waals surface area contributed by atoms with Gasteiger partial charge in [-0.2, -0.15) is 0 Å². The van der Waals surface area contributed by atoms with Crippen LogP contribution in [0.25, 0.3) is 0 Å². The lowest BCUT2D eigenvalue weighted by atomic mass is 10.2. The molecule has 0 saturated carbocycles. The van der Waals surface area contributed by atoms with E-state index in [0.29, 0.717) is 10.7 Å². The van der Waals surface area contributed by atoms with Crippen molar-refractivity contribution in [1.82, 2.24) is 5.32 Å². The molecule has 0 spiro atoms. The third-order valence-corrected chi connectivity index (χ3v) is 3.22. The number of anilines is 1. The van der Waals surface area contributed by atoms with E-state index in [9.17, 15) is 14.4 Å². The minimum absolute atomic E-state index is 0.325. The van der Waals surface area contributed by atoms with Crippen molar-refractivity contribution in [1.29, 1.82) is 0 Å². The molecule has 1 fully saturated rings. The predicted octanol–water partition coefficient (Wildman–Crippen LogP) is 1.55. The van der Waals surface area contributed by atoms with Gasteiger partial charge in [0.2, 0.25) is 0 Å². The van der Waals surface area contributed by atoms with E-state index in [-0.39, 0.29) is 0 Å². The van der Waals surface area contributed by atoms with Gasteiger partial charge < -0.3 is 10.4 Å². The summed E-state index contributed by atoms with van der Waals surface area (Å²) in [5, 5.41) is 11.4. The van der Waals surface area contributed by atoms with Gasteiger partial charge in [-0.05, 0) is 24.6 Å². The SMILES string of the molecule is Cc1ccc(N2C(=O)N[C@@H](CC(=O)O)C2=O)cc1Cl. The maximum atomic E-state index is 12.0. The second kappa shape index (κ2) is 4.89. The highest BCUT2D eigenvalue weighted by molar-refractivity contribution is 6.32. The third kappa shape index (κ3) is 2.53. The van der Waals surface area contributed by atoms with E-state index in [2.05, 4.69) is 5.32 Å². The van der Waals surface area contributed by atoms with Gasteiger partial charge in [-0.25, -0.2) is 9.69 Å². The Hall–Kier alpha value is -2.08. The molecule has 0 unspecified atom stereocenters. The zero-order valence-electron chi connectivity index (χ0n) is 10.0. The van der Waals surface area contributed by atoms with E-state index < -0.39 is 30.4 Å². The number of carbonyl (C=O) groups is 3. The summed E-state index contributed by atoms with van der Waals surface area (Å²) in [4.78, 5) is 35.2. The van der Waals surface area contributed by atoms with Crippen LogP contribution in [0.5, 0.6) is 0 Å². The van der Waals surface area contributed by atoms with Crippen LogP contribution >= 0.6 is 11.6 Å². The number of halogens is 1. The zero-order valence-corrected chi connectivity index (χ0v) is 10.8. The van der Waals surface area contributed by atoms with Gasteiger partial charge in [0.15, 0.2) is 0 Å². The minimum atomic E-state index is -1.15. The van der Waals surface area contributed by atoms with Crippen molar-refractivity contribution in [3.05, 3.63) is 28.8 Å². The Morgan fingerprint density at radius 1 is 1.47 bits per heavy atom. The van der Waals surface area contributed by atoms with Gasteiger partial charge in [-0.1, -0.05) is 17.7 Å². The van der Waals surface area contributed by atoms with E-state index in [1.807, 2.05) is 0 Å². The van der Waals surface area contributed by atoms with E-state index in [1.165, 1.54) is 6.07 Å². The average Bonchev–Trinajstić information content (AvgIpc) is 2.58. The molecule has 1 aliphatic heterocycles. The van der Waals surface area contributed by atoms with Gasteiger partial charge in [0.05, 0.1) is 12.1 Å². The van der Waals surface area contributed by atoms with Crippen molar-refractivity contribution in [2.45, 2.75) is 19.4 Å². The summed E-state index contributed by atoms with van der Waals surface area (Å²) < 4.78 is 0. The van der Waals surface area contributed by atoms with Gasteiger partial charge in [0.1, 0.15) is 6.04 Å². The van der Waals surface area contributed by atoms with Gasteiger partial charge in [0.25, 0.3) is 5.91 Å². The summed E-state index contributed by atoms with van der Waals surface area (Å²) in [5.41, 5.74) is 1.14. The van der Waals surface area contributed by atoms with Gasteiger partial charge in [-0.3, -0.25) is 9.59 Å². The lowest BCUT2D eigenvalue weighted by Crippen LogP contribution is -2.32. The van der Waals surface area contributed by atoms with E-state index in [1.54, 1.807) is 19.1 Å². The number of nitrogens with zero attached hydrogens (tertiary/aromatic N) is 1. The molecule has 1 aromatic rings. The van der Waals surface area contributed by atoms with E-state index >= 15 is 0 Å². The van der Waals surface area contributed by atoms with E-state index in [4.69, 9.17) is 16.7 Å². The molecule has 3 amide bonds. The third-order valence-electron chi connectivity index (χ3n) is 2.81. The maximum absolute atomic E-state index is 12.0. The molecule has 0 aliphatic carbocycles. The van der Waals surface area contributed by atoms with Crippen molar-refractivity contribution < 1.29 is 19.5 Å². The molecule has 0 aromatic heterocycles. The maximum Gasteiger partial charge on any atom is 0.329 e. The van der Waals surface area contributed by atoms with Crippen LogP contribution in [0.3, 0.4) is 0 Å². The van der Waals surface area contributed by atoms with Crippen LogP contribution in [0.4, 0.5) is 10.5 Å². The van der Waals surface area contributed by atoms with Crippen molar-refractivity contribution >= 4 is 35.2 Å². The summed E-state index contributed by atoms with van der Waals surface area (Å²) in [7, 11) is 0. The number of aliphatic carboxylic acids is 1. The Morgan fingerprint density at radius 2 is 2.16 bits per heavy atom. The quantitative estimate of drug-likeness (QED) is 0.824. The summed E-state index contributed by atoms with van der Waals surface area (Å²) in [6, 6.07) is 3.09. The van der Waals surface area contributed by atoms with Gasteiger partial charge in [0, 0.05) is 5.02 Å². The van der Waals surface area contributed by atoms with Crippen molar-refractivity contribution in [3.63, 3.8) is 0 Å². The fourth-order valence-electron chi connectivity index (χ4n) is 1.81. The smallest absolute Gasteiger partial charge is 0.329 e. The molecule has 2 rings (SSSR count). The highest BCUT2D eigenvalue weighted by Crippen LogP contribution is 2.26. The Balaban J connectivity index is 2.29. The number of amides is 3. The molecule has 1 aliphatic rings. The van der Waals surface area contributed by atoms with Crippen molar-refractivity contribution in [3.8, 4) is 0 Å². The minimum Gasteiger partial charge on any atom is -0.481 e. The van der Waals surface area contributed by atoms with Crippen LogP contribution in [0.2, 0.25) is 5.02 Å². The van der Waals surface area contributed by atoms with E-state index in [0.717, 1.165) is 10.5 Å². The monoisotopic (exact) mass is 282 g/mol. The molecule has 19 heavy (non-hydrogen) atoms. The number of hydrogen-bond donors (Lipinski definition) is 2. The first-order valence-electron chi connectivity index (χ1n) is 5.52. The normalized spacial score (nSPS) is 18.6. The summed E-state index contributed by atoms with van der Waals surface area (Å²) >= 11 is 5.94. The van der Waals surface area contributed by atoms with Crippen LogP contribution < -0.4 is 10.2 Å². The summed E-state index contributed by atoms with van der Waals surface area (Å²) in [6.45, 7) is 1.80. The average molecular weight is 283 g/mol. The number of benzene rings is 1. The standard InChI is InChI=1S/C12H11ClN2O4/c1-6-2-3-7(4-8(6)13)15-11(18)9(5-10(16)17)14-12(15)19/h2-4,9H,5H2,1H3,(H,14,19)(H,16,17)/t9-/m0/s1. The Labute approximate surface area is 114 Å². The molecule has 1 aromatic carbocycles. The highest BCUT2D eigenvalue weighted by atomic mass is 35.5. The number of urea groups is 1. The number of rotatable bonds is 3. The number of aryl methyl sites for hydroxylation is 1. The molecule has 1 atom stereocenters. The van der Waals surface area contributed by atoms with Crippen LogP contribution in [0.1, 0.15) is 12.0 Å². The summed E-state index contributed by atoms with van der Waals surface area (Å²) in [5.74, 6) is -1.74. The zero-order chi connectivity index (χ0) is 14.2. The summed E-state index contributed by atoms with van der Waals surface area (Å²) in [6.07, 6.45) is -0.444. The highest BCUT2D eigenvalue weighted by Gasteiger charge is 2.40. The number of carbonyl (C=O) groups excluding carboxylic acids is 2. The molecule has 2 N–H and O–H groups in total. The first-order valence-corrected chi connectivity index (χ1v) is 5.90. The molecule has 0 bridgehead atoms. The molecule has 0 radical (unpaired) electrons. The Morgan fingerprint density at radius 3 is 2.74 bits per heavy atom. The molecule has 1 heterocycles. The Bertz CT molecular complexity index is 573. The van der Waals surface area contributed by atoms with Crippen LogP contribution in [0.15, 0.2) is 18.2 Å². The fourth-order valence-corrected chi connectivity index (χ4v) is 1.98. The van der Waals surface area contributed by atoms with Crippen molar-refractivity contribution in [2.75, 3.05) is 4.90 Å². The van der Waals surface area contributed by atoms with Crippen LogP contribution in [-0.2, 0) is 9.59 Å². The number of carboxylic acid groups (broad SMARTS) is 1. The topological polar surface area (TPSA) is 86.7 Å². The number of nitrogens with one attached hydrogen (secondary N) is 1. The second-order valence-electron chi connectivity index (χ2n) is 4.21. The van der Waals surface area contributed by atoms with Gasteiger partial charge >= 0.3 is 12.0 Å². The second-order valence-corrected chi connectivity index (χ2v) is 4.61. The Kier molecular flexibility index (Phi) is 3.44. The lowest BCUT2D eigenvalue weighted by molar-refractivity contribution is -0.139. The van der Waals surface area contributed by atoms with Crippen LogP contribution in [0, 0.1) is 6.92 Å².